The van der Waals surface area contributed by atoms with Crippen LogP contribution in [0.5, 0.6) is 0 Å². The molecule has 0 unspecified atom stereocenters. The highest BCUT2D eigenvalue weighted by Gasteiger charge is 2.30. The average molecular weight is 266 g/mol. The molecule has 1 rings (SSSR count). The third-order valence-electron chi connectivity index (χ3n) is 4.03. The van der Waals surface area contributed by atoms with Gasteiger partial charge in [-0.3, -0.25) is 4.79 Å². The van der Waals surface area contributed by atoms with Crippen LogP contribution in [-0.2, 0) is 9.53 Å². The van der Waals surface area contributed by atoms with Crippen LogP contribution < -0.4 is 5.32 Å². The molecule has 0 aliphatic heterocycles. The van der Waals surface area contributed by atoms with Gasteiger partial charge in [0.15, 0.2) is 0 Å². The van der Waals surface area contributed by atoms with E-state index in [2.05, 4.69) is 25.2 Å². The molecule has 1 saturated carbocycles. The first-order chi connectivity index (χ1) is 8.80. The predicted octanol–water partition coefficient (Wildman–Crippen LogP) is 2.64. The number of hydrogen-bond donors (Lipinski definition) is 1. The van der Waals surface area contributed by atoms with Crippen LogP contribution in [0.1, 0.15) is 52.9 Å². The average Bonchev–Trinajstić information content (AvgIpc) is 2.32. The molecule has 19 heavy (non-hydrogen) atoms. The molecule has 108 valence electrons. The standard InChI is InChI=1S/C15H26N2O2/c1-14(2)7-5-12(6-8-14)9-13(18)17-15(3,10-16)11-19-4/h12H,5-9,11H2,1-4H3,(H,17,18)/t15-/m1/s1. The number of carbonyl (C=O) groups is 1. The number of nitriles is 1. The topological polar surface area (TPSA) is 62.1 Å². The van der Waals surface area contributed by atoms with Gasteiger partial charge in [0.1, 0.15) is 5.54 Å². The minimum Gasteiger partial charge on any atom is -0.381 e. The summed E-state index contributed by atoms with van der Waals surface area (Å²) in [5.74, 6) is 0.421. The fourth-order valence-electron chi connectivity index (χ4n) is 2.67. The van der Waals surface area contributed by atoms with Gasteiger partial charge in [0.25, 0.3) is 0 Å². The minimum absolute atomic E-state index is 0.0363. The van der Waals surface area contributed by atoms with Crippen molar-refractivity contribution in [1.82, 2.24) is 5.32 Å². The molecule has 4 heteroatoms. The number of amides is 1. The van der Waals surface area contributed by atoms with E-state index >= 15 is 0 Å². The number of carbonyl (C=O) groups excluding carboxylic acids is 1. The van der Waals surface area contributed by atoms with Crippen molar-refractivity contribution in [2.45, 2.75) is 58.4 Å². The van der Waals surface area contributed by atoms with Gasteiger partial charge in [-0.2, -0.15) is 5.26 Å². The number of ether oxygens (including phenoxy) is 1. The largest absolute Gasteiger partial charge is 0.381 e. The lowest BCUT2D eigenvalue weighted by molar-refractivity contribution is -0.124. The summed E-state index contributed by atoms with van der Waals surface area (Å²) in [6.07, 6.45) is 5.09. The van der Waals surface area contributed by atoms with Gasteiger partial charge in [-0.05, 0) is 43.9 Å². The summed E-state index contributed by atoms with van der Waals surface area (Å²) in [6.45, 7) is 6.48. The Morgan fingerprint density at radius 3 is 2.53 bits per heavy atom. The van der Waals surface area contributed by atoms with Crippen molar-refractivity contribution in [3.05, 3.63) is 0 Å². The summed E-state index contributed by atoms with van der Waals surface area (Å²) in [6, 6.07) is 2.10. The molecule has 4 nitrogen and oxygen atoms in total. The molecular formula is C15H26N2O2. The van der Waals surface area contributed by atoms with Gasteiger partial charge in [-0.15, -0.1) is 0 Å². The highest BCUT2D eigenvalue weighted by Crippen LogP contribution is 2.39. The molecule has 0 aromatic carbocycles. The molecule has 1 aliphatic carbocycles. The van der Waals surface area contributed by atoms with E-state index in [-0.39, 0.29) is 12.5 Å². The Kier molecular flexibility index (Phi) is 5.37. The van der Waals surface area contributed by atoms with Crippen molar-refractivity contribution in [2.24, 2.45) is 11.3 Å². The molecule has 0 saturated heterocycles. The third kappa shape index (κ3) is 5.20. The van der Waals surface area contributed by atoms with Gasteiger partial charge in [0, 0.05) is 13.5 Å². The van der Waals surface area contributed by atoms with Gasteiger partial charge in [-0.25, -0.2) is 0 Å². The first-order valence-corrected chi connectivity index (χ1v) is 7.01. The van der Waals surface area contributed by atoms with Crippen molar-refractivity contribution >= 4 is 5.91 Å². The Morgan fingerprint density at radius 2 is 2.05 bits per heavy atom. The fourth-order valence-corrected chi connectivity index (χ4v) is 2.67. The molecule has 0 radical (unpaired) electrons. The Balaban J connectivity index is 2.42. The van der Waals surface area contributed by atoms with Crippen LogP contribution in [0.15, 0.2) is 0 Å². The van der Waals surface area contributed by atoms with Crippen molar-refractivity contribution in [2.75, 3.05) is 13.7 Å². The van der Waals surface area contributed by atoms with E-state index in [4.69, 9.17) is 10.00 Å². The zero-order chi connectivity index (χ0) is 14.5. The SMILES string of the molecule is COC[C@@](C)(C#N)NC(=O)CC1CCC(C)(C)CC1. The maximum Gasteiger partial charge on any atom is 0.221 e. The minimum atomic E-state index is -0.917. The summed E-state index contributed by atoms with van der Waals surface area (Å²) in [5, 5.41) is 11.9. The van der Waals surface area contributed by atoms with E-state index < -0.39 is 5.54 Å². The van der Waals surface area contributed by atoms with E-state index in [1.165, 1.54) is 20.0 Å². The monoisotopic (exact) mass is 266 g/mol. The number of rotatable bonds is 5. The Hall–Kier alpha value is -1.08. The van der Waals surface area contributed by atoms with Crippen molar-refractivity contribution in [3.63, 3.8) is 0 Å². The summed E-state index contributed by atoms with van der Waals surface area (Å²) in [7, 11) is 1.53. The third-order valence-corrected chi connectivity index (χ3v) is 4.03. The Labute approximate surface area is 116 Å². The van der Waals surface area contributed by atoms with Gasteiger partial charge in [0.2, 0.25) is 5.91 Å². The summed E-state index contributed by atoms with van der Waals surface area (Å²) < 4.78 is 4.98. The van der Waals surface area contributed by atoms with Gasteiger partial charge in [0.05, 0.1) is 12.7 Å². The first-order valence-electron chi connectivity index (χ1n) is 7.01. The Bertz CT molecular complexity index is 350. The van der Waals surface area contributed by atoms with Crippen molar-refractivity contribution in [1.29, 1.82) is 5.26 Å². The summed E-state index contributed by atoms with van der Waals surface area (Å²) >= 11 is 0. The molecule has 1 atom stereocenters. The number of nitrogens with one attached hydrogen (secondary N) is 1. The van der Waals surface area contributed by atoms with Gasteiger partial charge >= 0.3 is 0 Å². The maximum absolute atomic E-state index is 12.0. The lowest BCUT2D eigenvalue weighted by atomic mass is 9.72. The highest BCUT2D eigenvalue weighted by atomic mass is 16.5. The zero-order valence-corrected chi connectivity index (χ0v) is 12.6. The van der Waals surface area contributed by atoms with Gasteiger partial charge in [-0.1, -0.05) is 13.8 Å². The van der Waals surface area contributed by atoms with Crippen LogP contribution in [0, 0.1) is 22.7 Å². The van der Waals surface area contributed by atoms with Crippen LogP contribution in [0.3, 0.4) is 0 Å². The number of nitrogens with zero attached hydrogens (tertiary/aromatic N) is 1. The van der Waals surface area contributed by atoms with Crippen LogP contribution in [0.2, 0.25) is 0 Å². The second-order valence-corrected chi connectivity index (χ2v) is 6.74. The van der Waals surface area contributed by atoms with E-state index in [9.17, 15) is 4.79 Å². The van der Waals surface area contributed by atoms with Crippen LogP contribution in [0.25, 0.3) is 0 Å². The highest BCUT2D eigenvalue weighted by molar-refractivity contribution is 5.77. The molecule has 0 aromatic heterocycles. The predicted molar refractivity (Wildman–Crippen MR) is 74.4 cm³/mol. The van der Waals surface area contributed by atoms with Crippen LogP contribution in [-0.4, -0.2) is 25.2 Å². The van der Waals surface area contributed by atoms with E-state index in [0.717, 1.165) is 12.8 Å². The Morgan fingerprint density at radius 1 is 1.47 bits per heavy atom. The van der Waals surface area contributed by atoms with Crippen LogP contribution >= 0.6 is 0 Å². The summed E-state index contributed by atoms with van der Waals surface area (Å²) in [4.78, 5) is 12.0. The first kappa shape index (κ1) is 16.0. The van der Waals surface area contributed by atoms with Crippen molar-refractivity contribution in [3.8, 4) is 6.07 Å². The fraction of sp³-hybridized carbons (Fsp3) is 0.867. The molecular weight excluding hydrogens is 240 g/mol. The molecule has 0 aromatic rings. The molecule has 1 fully saturated rings. The molecule has 1 aliphatic rings. The lowest BCUT2D eigenvalue weighted by Gasteiger charge is -2.34. The second kappa shape index (κ2) is 6.38. The quantitative estimate of drug-likeness (QED) is 0.832. The number of methoxy groups -OCH3 is 1. The van der Waals surface area contributed by atoms with E-state index in [1.807, 2.05) is 0 Å². The lowest BCUT2D eigenvalue weighted by Crippen LogP contribution is -2.48. The smallest absolute Gasteiger partial charge is 0.221 e. The number of hydrogen-bond acceptors (Lipinski definition) is 3. The molecule has 0 spiro atoms. The van der Waals surface area contributed by atoms with E-state index in [1.54, 1.807) is 6.92 Å². The molecule has 1 amide bonds. The zero-order valence-electron chi connectivity index (χ0n) is 12.6. The maximum atomic E-state index is 12.0. The normalized spacial score (nSPS) is 22.3. The molecule has 0 heterocycles. The second-order valence-electron chi connectivity index (χ2n) is 6.74. The molecule has 1 N–H and O–H groups in total. The summed E-state index contributed by atoms with van der Waals surface area (Å²) in [5.41, 5.74) is -0.496. The van der Waals surface area contributed by atoms with Crippen molar-refractivity contribution < 1.29 is 9.53 Å². The van der Waals surface area contributed by atoms with Crippen LogP contribution in [0.4, 0.5) is 0 Å². The molecule has 0 bridgehead atoms. The van der Waals surface area contributed by atoms with Gasteiger partial charge < -0.3 is 10.1 Å². The van der Waals surface area contributed by atoms with E-state index in [0.29, 0.717) is 17.8 Å².